The first-order chi connectivity index (χ1) is 7.56. The fourth-order valence-corrected chi connectivity index (χ4v) is 1.57. The molecule has 0 amide bonds. The van der Waals surface area contributed by atoms with Crippen LogP contribution in [0.4, 0.5) is 5.69 Å². The van der Waals surface area contributed by atoms with E-state index in [0.717, 1.165) is 0 Å². The maximum absolute atomic E-state index is 11.5. The minimum Gasteiger partial charge on any atom is -0.495 e. The van der Waals surface area contributed by atoms with E-state index in [1.54, 1.807) is 0 Å². The number of carbonyl (C=O) groups is 1. The minimum atomic E-state index is -0.629. The summed E-state index contributed by atoms with van der Waals surface area (Å²) in [6.07, 6.45) is 0. The first-order valence-corrected chi connectivity index (χ1v) is 4.72. The van der Waals surface area contributed by atoms with E-state index in [1.165, 1.54) is 27.4 Å². The van der Waals surface area contributed by atoms with Crippen LogP contribution in [-0.4, -0.2) is 27.3 Å². The van der Waals surface area contributed by atoms with Crippen molar-refractivity contribution in [2.75, 3.05) is 27.1 Å². The molecule has 2 N–H and O–H groups in total. The summed E-state index contributed by atoms with van der Waals surface area (Å²) in [7, 11) is 4.06. The zero-order valence-corrected chi connectivity index (χ0v) is 9.92. The van der Waals surface area contributed by atoms with Crippen LogP contribution in [0.5, 0.6) is 11.5 Å². The van der Waals surface area contributed by atoms with Crippen LogP contribution in [0.1, 0.15) is 10.4 Å². The summed E-state index contributed by atoms with van der Waals surface area (Å²) < 4.78 is 14.6. The standard InChI is InChI=1S/C10H12ClNO4/c1-14-6-4-5(11)9(15-2)7(8(6)12)10(13)16-3/h4H,12H2,1-3H3. The average Bonchev–Trinajstić information content (AvgIpc) is 2.29. The molecule has 0 heterocycles. The summed E-state index contributed by atoms with van der Waals surface area (Å²) in [5, 5.41) is 0.231. The monoisotopic (exact) mass is 245 g/mol. The number of halogens is 1. The Morgan fingerprint density at radius 2 is 1.94 bits per heavy atom. The fourth-order valence-electron chi connectivity index (χ4n) is 1.30. The van der Waals surface area contributed by atoms with E-state index >= 15 is 0 Å². The van der Waals surface area contributed by atoms with Crippen molar-refractivity contribution in [3.63, 3.8) is 0 Å². The first kappa shape index (κ1) is 12.4. The van der Waals surface area contributed by atoms with Crippen LogP contribution in [0.3, 0.4) is 0 Å². The number of anilines is 1. The molecule has 16 heavy (non-hydrogen) atoms. The molecule has 0 aliphatic carbocycles. The molecule has 0 unspecified atom stereocenters. The van der Waals surface area contributed by atoms with E-state index in [1.807, 2.05) is 0 Å². The number of esters is 1. The Bertz CT molecular complexity index is 420. The largest absolute Gasteiger partial charge is 0.495 e. The second-order valence-electron chi connectivity index (χ2n) is 2.87. The van der Waals surface area contributed by atoms with Gasteiger partial charge in [0.15, 0.2) is 5.75 Å². The summed E-state index contributed by atoms with van der Waals surface area (Å²) in [5.74, 6) is -0.159. The van der Waals surface area contributed by atoms with Crippen molar-refractivity contribution in [2.45, 2.75) is 0 Å². The van der Waals surface area contributed by atoms with Crippen molar-refractivity contribution in [3.8, 4) is 11.5 Å². The second kappa shape index (κ2) is 4.94. The minimum absolute atomic E-state index is 0.0642. The molecule has 0 bridgehead atoms. The molecule has 0 aliphatic rings. The van der Waals surface area contributed by atoms with E-state index in [0.29, 0.717) is 5.75 Å². The predicted molar refractivity (Wildman–Crippen MR) is 60.3 cm³/mol. The van der Waals surface area contributed by atoms with Gasteiger partial charge in [-0.1, -0.05) is 11.6 Å². The zero-order chi connectivity index (χ0) is 12.3. The molecule has 0 saturated carbocycles. The van der Waals surface area contributed by atoms with Gasteiger partial charge in [0.05, 0.1) is 32.0 Å². The van der Waals surface area contributed by atoms with Gasteiger partial charge >= 0.3 is 5.97 Å². The molecule has 1 aromatic carbocycles. The number of methoxy groups -OCH3 is 3. The van der Waals surface area contributed by atoms with E-state index in [-0.39, 0.29) is 22.0 Å². The Morgan fingerprint density at radius 1 is 1.31 bits per heavy atom. The smallest absolute Gasteiger partial charge is 0.343 e. The van der Waals surface area contributed by atoms with Crippen LogP contribution in [0.15, 0.2) is 6.07 Å². The highest BCUT2D eigenvalue weighted by atomic mass is 35.5. The third-order valence-corrected chi connectivity index (χ3v) is 2.33. The molecule has 6 heteroatoms. The maximum atomic E-state index is 11.5. The zero-order valence-electron chi connectivity index (χ0n) is 9.17. The van der Waals surface area contributed by atoms with Crippen LogP contribution >= 0.6 is 11.6 Å². The number of nitrogen functional groups attached to an aromatic ring is 1. The lowest BCUT2D eigenvalue weighted by Gasteiger charge is -2.14. The highest BCUT2D eigenvalue weighted by Crippen LogP contribution is 2.39. The van der Waals surface area contributed by atoms with Gasteiger partial charge in [0, 0.05) is 6.07 Å². The van der Waals surface area contributed by atoms with Crippen LogP contribution in [0, 0.1) is 0 Å². The topological polar surface area (TPSA) is 70.8 Å². The van der Waals surface area contributed by atoms with Gasteiger partial charge in [0.1, 0.15) is 11.3 Å². The summed E-state index contributed by atoms with van der Waals surface area (Å²) in [4.78, 5) is 11.5. The summed E-state index contributed by atoms with van der Waals surface area (Å²) >= 11 is 5.92. The molecule has 1 aromatic rings. The van der Waals surface area contributed by atoms with E-state index in [4.69, 9.17) is 26.8 Å². The SMILES string of the molecule is COC(=O)c1c(N)c(OC)cc(Cl)c1OC. The van der Waals surface area contributed by atoms with Crippen molar-refractivity contribution in [1.29, 1.82) is 0 Å². The van der Waals surface area contributed by atoms with E-state index in [2.05, 4.69) is 4.74 Å². The van der Waals surface area contributed by atoms with Crippen LogP contribution < -0.4 is 15.2 Å². The van der Waals surface area contributed by atoms with Gasteiger partial charge in [-0.3, -0.25) is 0 Å². The molecular weight excluding hydrogens is 234 g/mol. The van der Waals surface area contributed by atoms with E-state index in [9.17, 15) is 4.79 Å². The van der Waals surface area contributed by atoms with Gasteiger partial charge < -0.3 is 19.9 Å². The number of nitrogens with two attached hydrogens (primary N) is 1. The molecule has 0 atom stereocenters. The van der Waals surface area contributed by atoms with Crippen molar-refractivity contribution in [3.05, 3.63) is 16.7 Å². The lowest BCUT2D eigenvalue weighted by atomic mass is 10.1. The average molecular weight is 246 g/mol. The molecule has 1 rings (SSSR count). The molecule has 0 spiro atoms. The van der Waals surface area contributed by atoms with Gasteiger partial charge in [-0.15, -0.1) is 0 Å². The number of rotatable bonds is 3. The highest BCUT2D eigenvalue weighted by molar-refractivity contribution is 6.33. The molecule has 0 aromatic heterocycles. The molecule has 0 fully saturated rings. The van der Waals surface area contributed by atoms with Crippen molar-refractivity contribution in [1.82, 2.24) is 0 Å². The Balaban J connectivity index is 3.51. The Labute approximate surface area is 98.0 Å². The molecule has 0 aliphatic heterocycles. The summed E-state index contributed by atoms with van der Waals surface area (Å²) in [5.41, 5.74) is 5.95. The lowest BCUT2D eigenvalue weighted by molar-refractivity contribution is 0.0598. The van der Waals surface area contributed by atoms with Crippen LogP contribution in [0.25, 0.3) is 0 Å². The lowest BCUT2D eigenvalue weighted by Crippen LogP contribution is -2.09. The molecule has 0 saturated heterocycles. The fraction of sp³-hybridized carbons (Fsp3) is 0.300. The van der Waals surface area contributed by atoms with Crippen LogP contribution in [0.2, 0.25) is 5.02 Å². The number of carbonyl (C=O) groups excluding carboxylic acids is 1. The Kier molecular flexibility index (Phi) is 3.84. The molecular formula is C10H12ClNO4. The van der Waals surface area contributed by atoms with Crippen molar-refractivity contribution in [2.24, 2.45) is 0 Å². The Hall–Kier alpha value is -1.62. The van der Waals surface area contributed by atoms with E-state index < -0.39 is 5.97 Å². The third-order valence-electron chi connectivity index (χ3n) is 2.05. The van der Waals surface area contributed by atoms with Gasteiger partial charge in [0.2, 0.25) is 0 Å². The molecule has 5 nitrogen and oxygen atoms in total. The van der Waals surface area contributed by atoms with Crippen LogP contribution in [-0.2, 0) is 4.74 Å². The summed E-state index contributed by atoms with van der Waals surface area (Å²) in [6.45, 7) is 0. The molecule has 0 radical (unpaired) electrons. The first-order valence-electron chi connectivity index (χ1n) is 4.35. The number of hydrogen-bond donors (Lipinski definition) is 1. The van der Waals surface area contributed by atoms with Crippen molar-refractivity contribution < 1.29 is 19.0 Å². The number of benzene rings is 1. The third kappa shape index (κ3) is 1.99. The predicted octanol–water partition coefficient (Wildman–Crippen LogP) is 1.73. The second-order valence-corrected chi connectivity index (χ2v) is 3.28. The number of ether oxygens (including phenoxy) is 3. The normalized spacial score (nSPS) is 9.75. The van der Waals surface area contributed by atoms with Gasteiger partial charge in [-0.05, 0) is 0 Å². The van der Waals surface area contributed by atoms with Gasteiger partial charge in [0.25, 0.3) is 0 Å². The summed E-state index contributed by atoms with van der Waals surface area (Å²) in [6, 6.07) is 1.47. The Morgan fingerprint density at radius 3 is 2.38 bits per heavy atom. The maximum Gasteiger partial charge on any atom is 0.343 e. The quantitative estimate of drug-likeness (QED) is 0.649. The van der Waals surface area contributed by atoms with Crippen molar-refractivity contribution >= 4 is 23.3 Å². The van der Waals surface area contributed by atoms with Gasteiger partial charge in [-0.2, -0.15) is 0 Å². The van der Waals surface area contributed by atoms with Gasteiger partial charge in [-0.25, -0.2) is 4.79 Å². The molecule has 88 valence electrons. The number of hydrogen-bond acceptors (Lipinski definition) is 5. The highest BCUT2D eigenvalue weighted by Gasteiger charge is 2.23.